The molecule has 10 heteroatoms. The van der Waals surface area contributed by atoms with Crippen molar-refractivity contribution in [1.29, 1.82) is 0 Å². The van der Waals surface area contributed by atoms with Gasteiger partial charge in [0.2, 0.25) is 0 Å². The van der Waals surface area contributed by atoms with E-state index in [1.165, 1.54) is 11.3 Å². The average molecular weight is 480 g/mol. The number of aryl methyl sites for hydroxylation is 2. The minimum Gasteiger partial charge on any atom is -0.494 e. The van der Waals surface area contributed by atoms with E-state index in [4.69, 9.17) is 14.5 Å². The van der Waals surface area contributed by atoms with Crippen molar-refractivity contribution in [3.05, 3.63) is 35.7 Å². The van der Waals surface area contributed by atoms with Crippen molar-refractivity contribution in [3.63, 3.8) is 0 Å². The molecule has 1 amide bonds. The third-order valence-corrected chi connectivity index (χ3v) is 6.80. The summed E-state index contributed by atoms with van der Waals surface area (Å²) in [5, 5.41) is 4.97. The number of morpholine rings is 1. The van der Waals surface area contributed by atoms with Crippen LogP contribution in [-0.4, -0.2) is 72.1 Å². The van der Waals surface area contributed by atoms with Crippen LogP contribution in [0, 0.1) is 6.92 Å². The summed E-state index contributed by atoms with van der Waals surface area (Å²) in [4.78, 5) is 22.6. The van der Waals surface area contributed by atoms with Crippen molar-refractivity contribution in [2.45, 2.75) is 26.8 Å². The van der Waals surface area contributed by atoms with Crippen molar-refractivity contribution in [3.8, 4) is 5.75 Å². The molecule has 0 aliphatic carbocycles. The summed E-state index contributed by atoms with van der Waals surface area (Å²) in [7, 11) is 1.65. The summed E-state index contributed by atoms with van der Waals surface area (Å²) in [6.07, 6.45) is 2.53. The Hall–Kier alpha value is -2.20. The number of nitrogens with zero attached hydrogens (tertiary/aromatic N) is 5. The molecular formula is C22H30ClN5O3S. The predicted octanol–water partition coefficient (Wildman–Crippen LogP) is 3.62. The zero-order valence-corrected chi connectivity index (χ0v) is 20.4. The van der Waals surface area contributed by atoms with Crippen LogP contribution in [0.4, 0.5) is 5.13 Å². The summed E-state index contributed by atoms with van der Waals surface area (Å²) < 4.78 is 13.7. The molecule has 1 saturated heterocycles. The molecule has 0 atom stereocenters. The first-order valence-electron chi connectivity index (χ1n) is 10.7. The Balaban J connectivity index is 0.00000289. The number of hydrogen-bond acceptors (Lipinski definition) is 7. The Kier molecular flexibility index (Phi) is 8.47. The van der Waals surface area contributed by atoms with E-state index in [0.29, 0.717) is 23.9 Å². The van der Waals surface area contributed by atoms with Gasteiger partial charge in [-0.05, 0) is 38.0 Å². The maximum absolute atomic E-state index is 13.6. The third-order valence-electron chi connectivity index (χ3n) is 5.58. The highest BCUT2D eigenvalue weighted by Crippen LogP contribution is 2.36. The molecule has 0 bridgehead atoms. The van der Waals surface area contributed by atoms with E-state index in [-0.39, 0.29) is 18.3 Å². The second-order valence-electron chi connectivity index (χ2n) is 7.56. The minimum atomic E-state index is -0.0722. The Labute approximate surface area is 198 Å². The fourth-order valence-corrected chi connectivity index (χ4v) is 4.92. The lowest BCUT2D eigenvalue weighted by Gasteiger charge is -2.27. The number of rotatable bonds is 8. The monoisotopic (exact) mass is 479 g/mol. The molecule has 1 aromatic carbocycles. The normalized spacial score (nSPS) is 14.3. The largest absolute Gasteiger partial charge is 0.494 e. The van der Waals surface area contributed by atoms with Crippen LogP contribution in [0.25, 0.3) is 10.2 Å². The molecule has 32 heavy (non-hydrogen) atoms. The highest BCUT2D eigenvalue weighted by molar-refractivity contribution is 7.22. The Morgan fingerprint density at radius 2 is 2.06 bits per heavy atom. The molecule has 0 N–H and O–H groups in total. The van der Waals surface area contributed by atoms with E-state index in [1.54, 1.807) is 29.0 Å². The SMILES string of the molecule is CCn1nccc1C(=O)N(CCCN1CCOCC1)c1nc2c(OC)ccc(C)c2s1.Cl. The number of fused-ring (bicyclic) bond motifs is 1. The van der Waals surface area contributed by atoms with Gasteiger partial charge in [0.15, 0.2) is 5.13 Å². The van der Waals surface area contributed by atoms with Gasteiger partial charge in [-0.3, -0.25) is 19.3 Å². The van der Waals surface area contributed by atoms with E-state index in [9.17, 15) is 4.79 Å². The number of hydrogen-bond donors (Lipinski definition) is 0. The summed E-state index contributed by atoms with van der Waals surface area (Å²) in [5.74, 6) is 0.652. The van der Waals surface area contributed by atoms with E-state index < -0.39 is 0 Å². The van der Waals surface area contributed by atoms with Gasteiger partial charge in [-0.25, -0.2) is 4.98 Å². The summed E-state index contributed by atoms with van der Waals surface area (Å²) in [6.45, 7) is 9.62. The van der Waals surface area contributed by atoms with Gasteiger partial charge in [0.25, 0.3) is 5.91 Å². The maximum atomic E-state index is 13.6. The van der Waals surface area contributed by atoms with Gasteiger partial charge in [-0.15, -0.1) is 12.4 Å². The average Bonchev–Trinajstić information content (AvgIpc) is 3.45. The molecule has 2 aromatic heterocycles. The molecule has 1 aliphatic rings. The topological polar surface area (TPSA) is 72.7 Å². The number of methoxy groups -OCH3 is 1. The molecule has 0 spiro atoms. The summed E-state index contributed by atoms with van der Waals surface area (Å²) in [6, 6.07) is 5.73. The first-order chi connectivity index (χ1) is 15.1. The lowest BCUT2D eigenvalue weighted by molar-refractivity contribution is 0.0376. The number of benzene rings is 1. The molecule has 8 nitrogen and oxygen atoms in total. The molecule has 0 unspecified atom stereocenters. The van der Waals surface area contributed by atoms with Gasteiger partial charge in [-0.1, -0.05) is 17.4 Å². The molecule has 3 heterocycles. The third kappa shape index (κ3) is 5.06. The number of ether oxygens (including phenoxy) is 2. The maximum Gasteiger partial charge on any atom is 0.278 e. The van der Waals surface area contributed by atoms with Crippen LogP contribution in [0.1, 0.15) is 29.4 Å². The lowest BCUT2D eigenvalue weighted by Crippen LogP contribution is -2.39. The van der Waals surface area contributed by atoms with Gasteiger partial charge in [0.05, 0.1) is 25.0 Å². The van der Waals surface area contributed by atoms with Crippen LogP contribution >= 0.6 is 23.7 Å². The Morgan fingerprint density at radius 3 is 2.78 bits per heavy atom. The number of thiazole rings is 1. The van der Waals surface area contributed by atoms with Crippen LogP contribution in [0.5, 0.6) is 5.75 Å². The van der Waals surface area contributed by atoms with Crippen molar-refractivity contribution in [1.82, 2.24) is 19.7 Å². The molecule has 0 radical (unpaired) electrons. The zero-order chi connectivity index (χ0) is 21.8. The van der Waals surface area contributed by atoms with Gasteiger partial charge >= 0.3 is 0 Å². The van der Waals surface area contributed by atoms with Gasteiger partial charge < -0.3 is 9.47 Å². The van der Waals surface area contributed by atoms with E-state index >= 15 is 0 Å². The molecule has 3 aromatic rings. The number of aromatic nitrogens is 3. The van der Waals surface area contributed by atoms with E-state index in [2.05, 4.69) is 16.9 Å². The van der Waals surface area contributed by atoms with E-state index in [1.807, 2.05) is 19.1 Å². The highest BCUT2D eigenvalue weighted by Gasteiger charge is 2.25. The molecule has 0 saturated carbocycles. The Morgan fingerprint density at radius 1 is 1.28 bits per heavy atom. The molecular weight excluding hydrogens is 450 g/mol. The first kappa shape index (κ1) is 24.4. The number of carbonyl (C=O) groups excluding carboxylic acids is 1. The fraction of sp³-hybridized carbons (Fsp3) is 0.500. The molecule has 174 valence electrons. The minimum absolute atomic E-state index is 0. The van der Waals surface area contributed by atoms with Crippen LogP contribution in [0.15, 0.2) is 24.4 Å². The highest BCUT2D eigenvalue weighted by atomic mass is 35.5. The summed E-state index contributed by atoms with van der Waals surface area (Å²) in [5.41, 5.74) is 2.51. The number of amides is 1. The Bertz CT molecular complexity index is 1050. The van der Waals surface area contributed by atoms with Crippen LogP contribution in [0.2, 0.25) is 0 Å². The second-order valence-corrected chi connectivity index (χ2v) is 8.53. The molecule has 1 aliphatic heterocycles. The zero-order valence-electron chi connectivity index (χ0n) is 18.7. The lowest BCUT2D eigenvalue weighted by atomic mass is 10.2. The fourth-order valence-electron chi connectivity index (χ4n) is 3.84. The van der Waals surface area contributed by atoms with Crippen LogP contribution in [-0.2, 0) is 11.3 Å². The number of carbonyl (C=O) groups is 1. The van der Waals surface area contributed by atoms with Crippen molar-refractivity contribution in [2.24, 2.45) is 0 Å². The number of halogens is 1. The second kappa shape index (κ2) is 11.1. The standard InChI is InChI=1S/C22H29N5O3S.ClH/c1-4-27-17(8-9-23-27)21(28)26(11-5-10-25-12-14-30-15-13-25)22-24-19-18(29-3)7-6-16(2)20(19)31-22;/h6-9H,4-5,10-15H2,1-3H3;1H. The van der Waals surface area contributed by atoms with Gasteiger partial charge in [-0.2, -0.15) is 5.10 Å². The van der Waals surface area contributed by atoms with Crippen LogP contribution in [0.3, 0.4) is 0 Å². The van der Waals surface area contributed by atoms with Gasteiger partial charge in [0.1, 0.15) is 17.0 Å². The van der Waals surface area contributed by atoms with Crippen LogP contribution < -0.4 is 9.64 Å². The summed E-state index contributed by atoms with van der Waals surface area (Å²) >= 11 is 1.54. The van der Waals surface area contributed by atoms with Crippen molar-refractivity contribution < 1.29 is 14.3 Å². The smallest absolute Gasteiger partial charge is 0.278 e. The molecule has 4 rings (SSSR count). The van der Waals surface area contributed by atoms with E-state index in [0.717, 1.165) is 60.8 Å². The van der Waals surface area contributed by atoms with Crippen molar-refractivity contribution in [2.75, 3.05) is 51.4 Å². The quantitative estimate of drug-likeness (QED) is 0.491. The number of anilines is 1. The first-order valence-corrected chi connectivity index (χ1v) is 11.5. The predicted molar refractivity (Wildman–Crippen MR) is 130 cm³/mol. The van der Waals surface area contributed by atoms with Gasteiger partial charge in [0, 0.05) is 38.9 Å². The molecule has 1 fully saturated rings. The van der Waals surface area contributed by atoms with Crippen molar-refractivity contribution >= 4 is 45.0 Å².